The van der Waals surface area contributed by atoms with Gasteiger partial charge in [0.05, 0.1) is 11.1 Å². The summed E-state index contributed by atoms with van der Waals surface area (Å²) in [5, 5.41) is 2.48. The summed E-state index contributed by atoms with van der Waals surface area (Å²) >= 11 is 0. The van der Waals surface area contributed by atoms with Gasteiger partial charge in [-0.3, -0.25) is 0 Å². The molecule has 2 aliphatic carbocycles. The first-order valence-electron chi connectivity index (χ1n) is 20.0. The van der Waals surface area contributed by atoms with Crippen LogP contribution in [0.5, 0.6) is 0 Å². The van der Waals surface area contributed by atoms with Crippen LogP contribution in [0, 0.1) is 0 Å². The first-order chi connectivity index (χ1) is 28.0. The molecule has 1 nitrogen and oxygen atoms in total. The maximum Gasteiger partial charge on any atom is 0.0714 e. The topological polar surface area (TPSA) is 3.24 Å². The fourth-order valence-electron chi connectivity index (χ4n) is 10.2. The summed E-state index contributed by atoms with van der Waals surface area (Å²) in [5.74, 6) is 0. The zero-order chi connectivity index (χ0) is 38.1. The van der Waals surface area contributed by atoms with Crippen LogP contribution in [0.1, 0.15) is 47.2 Å². The van der Waals surface area contributed by atoms with Gasteiger partial charge in [-0.25, -0.2) is 0 Å². The third kappa shape index (κ3) is 4.89. The number of benzene rings is 9. The molecule has 9 aromatic rings. The van der Waals surface area contributed by atoms with Crippen LogP contribution in [0.3, 0.4) is 0 Å². The van der Waals surface area contributed by atoms with E-state index in [1.54, 1.807) is 0 Å². The van der Waals surface area contributed by atoms with Crippen LogP contribution >= 0.6 is 0 Å². The fraction of sp³-hybridized carbons (Fsp3) is 0.0714. The largest absolute Gasteiger partial charge is 0.310 e. The van der Waals surface area contributed by atoms with E-state index in [2.05, 4.69) is 231 Å². The highest BCUT2D eigenvalue weighted by Crippen LogP contribution is 2.60. The van der Waals surface area contributed by atoms with Gasteiger partial charge >= 0.3 is 0 Å². The molecule has 0 aromatic heterocycles. The predicted molar refractivity (Wildman–Crippen MR) is 239 cm³/mol. The lowest BCUT2D eigenvalue weighted by atomic mass is 9.67. The molecular formula is C56H41N. The van der Waals surface area contributed by atoms with Crippen molar-refractivity contribution in [3.05, 3.63) is 246 Å². The van der Waals surface area contributed by atoms with Gasteiger partial charge < -0.3 is 4.90 Å². The van der Waals surface area contributed by atoms with Crippen molar-refractivity contribution in [3.8, 4) is 33.4 Å². The molecule has 0 N–H and O–H groups in total. The van der Waals surface area contributed by atoms with Crippen molar-refractivity contribution in [2.45, 2.75) is 24.7 Å². The summed E-state index contributed by atoms with van der Waals surface area (Å²) in [4.78, 5) is 2.51. The molecule has 270 valence electrons. The smallest absolute Gasteiger partial charge is 0.0714 e. The zero-order valence-electron chi connectivity index (χ0n) is 32.2. The molecule has 0 unspecified atom stereocenters. The molecule has 9 aromatic carbocycles. The van der Waals surface area contributed by atoms with Crippen molar-refractivity contribution in [3.63, 3.8) is 0 Å². The van der Waals surface area contributed by atoms with Gasteiger partial charge in [-0.15, -0.1) is 0 Å². The monoisotopic (exact) mass is 727 g/mol. The van der Waals surface area contributed by atoms with Gasteiger partial charge in [-0.05, 0) is 102 Å². The minimum atomic E-state index is -0.530. The van der Waals surface area contributed by atoms with E-state index >= 15 is 0 Å². The Morgan fingerprint density at radius 2 is 0.860 bits per heavy atom. The van der Waals surface area contributed by atoms with Crippen LogP contribution in [-0.4, -0.2) is 0 Å². The lowest BCUT2D eigenvalue weighted by Gasteiger charge is -2.35. The Labute approximate surface area is 335 Å². The van der Waals surface area contributed by atoms with Crippen LogP contribution in [0.15, 0.2) is 212 Å². The van der Waals surface area contributed by atoms with E-state index in [9.17, 15) is 0 Å². The maximum absolute atomic E-state index is 2.52. The maximum atomic E-state index is 2.52. The third-order valence-corrected chi connectivity index (χ3v) is 12.7. The average molecular weight is 728 g/mol. The van der Waals surface area contributed by atoms with Gasteiger partial charge in [0.2, 0.25) is 0 Å². The Morgan fingerprint density at radius 3 is 1.54 bits per heavy atom. The predicted octanol–water partition coefficient (Wildman–Crippen LogP) is 14.6. The van der Waals surface area contributed by atoms with Gasteiger partial charge in [0, 0.05) is 22.2 Å². The van der Waals surface area contributed by atoms with Crippen molar-refractivity contribution < 1.29 is 0 Å². The number of rotatable bonds is 6. The molecule has 2 aliphatic rings. The molecule has 0 spiro atoms. The van der Waals surface area contributed by atoms with E-state index in [-0.39, 0.29) is 5.41 Å². The Bertz CT molecular complexity index is 2920. The second kappa shape index (κ2) is 12.8. The Balaban J connectivity index is 1.23. The molecule has 0 heterocycles. The van der Waals surface area contributed by atoms with E-state index in [0.29, 0.717) is 0 Å². The van der Waals surface area contributed by atoms with E-state index in [1.807, 2.05) is 0 Å². The van der Waals surface area contributed by atoms with Crippen molar-refractivity contribution >= 4 is 27.8 Å². The quantitative estimate of drug-likeness (QED) is 0.165. The van der Waals surface area contributed by atoms with Gasteiger partial charge in [0.1, 0.15) is 0 Å². The van der Waals surface area contributed by atoms with E-state index in [4.69, 9.17) is 0 Å². The van der Waals surface area contributed by atoms with Crippen molar-refractivity contribution in [2.24, 2.45) is 0 Å². The third-order valence-electron chi connectivity index (χ3n) is 12.7. The lowest BCUT2D eigenvalue weighted by Crippen LogP contribution is -2.28. The first-order valence-corrected chi connectivity index (χ1v) is 20.0. The summed E-state index contributed by atoms with van der Waals surface area (Å²) in [6.07, 6.45) is 0. The average Bonchev–Trinajstić information content (AvgIpc) is 3.70. The fourth-order valence-corrected chi connectivity index (χ4v) is 10.2. The number of nitrogens with zero attached hydrogens (tertiary/aromatic N) is 1. The van der Waals surface area contributed by atoms with Crippen molar-refractivity contribution in [1.29, 1.82) is 0 Å². The van der Waals surface area contributed by atoms with Crippen molar-refractivity contribution in [1.82, 2.24) is 0 Å². The molecule has 0 saturated heterocycles. The summed E-state index contributed by atoms with van der Waals surface area (Å²) in [6, 6.07) is 78.8. The Morgan fingerprint density at radius 1 is 0.351 bits per heavy atom. The van der Waals surface area contributed by atoms with Crippen LogP contribution in [0.2, 0.25) is 0 Å². The van der Waals surface area contributed by atoms with E-state index < -0.39 is 5.41 Å². The van der Waals surface area contributed by atoms with Crippen LogP contribution in [0.25, 0.3) is 44.2 Å². The van der Waals surface area contributed by atoms with Gasteiger partial charge in [-0.2, -0.15) is 0 Å². The Hall–Kier alpha value is -6.96. The number of hydrogen-bond acceptors (Lipinski definition) is 1. The van der Waals surface area contributed by atoms with E-state index in [0.717, 1.165) is 17.1 Å². The van der Waals surface area contributed by atoms with E-state index in [1.165, 1.54) is 77.5 Å². The second-order valence-corrected chi connectivity index (χ2v) is 16.0. The summed E-state index contributed by atoms with van der Waals surface area (Å²) in [6.45, 7) is 4.74. The molecule has 0 radical (unpaired) electrons. The minimum absolute atomic E-state index is 0.137. The standard InChI is InChI=1S/C56H41N/c1-55(2)49-28-16-14-24-44(49)45-35-34-43(36-51(45)55)57(42-32-30-39(31-33-42)38-18-6-3-7-19-38)53-37-52-54(47-26-13-12-25-46(47)53)48-27-15-17-29-50(48)56(52,40-20-8-4-9-21-40)41-22-10-5-11-23-41/h3-37H,1-2H3. The molecule has 0 amide bonds. The van der Waals surface area contributed by atoms with Crippen LogP contribution < -0.4 is 4.90 Å². The highest BCUT2D eigenvalue weighted by Gasteiger charge is 2.47. The molecule has 1 heteroatoms. The van der Waals surface area contributed by atoms with Gasteiger partial charge in [-0.1, -0.05) is 196 Å². The van der Waals surface area contributed by atoms with Gasteiger partial charge in [0.25, 0.3) is 0 Å². The second-order valence-electron chi connectivity index (χ2n) is 16.0. The molecule has 0 saturated carbocycles. The highest BCUT2D eigenvalue weighted by molar-refractivity contribution is 6.11. The first kappa shape index (κ1) is 33.4. The molecule has 0 fully saturated rings. The molecule has 57 heavy (non-hydrogen) atoms. The molecule has 0 bridgehead atoms. The lowest BCUT2D eigenvalue weighted by molar-refractivity contribution is 0.660. The molecule has 0 aliphatic heterocycles. The van der Waals surface area contributed by atoms with Crippen LogP contribution in [0.4, 0.5) is 17.1 Å². The summed E-state index contributed by atoms with van der Waals surface area (Å²) < 4.78 is 0. The number of anilines is 3. The highest BCUT2D eigenvalue weighted by atomic mass is 15.1. The molecule has 0 atom stereocenters. The molecular weight excluding hydrogens is 687 g/mol. The summed E-state index contributed by atoms with van der Waals surface area (Å²) in [5.41, 5.74) is 18.3. The number of hydrogen-bond donors (Lipinski definition) is 0. The van der Waals surface area contributed by atoms with Crippen molar-refractivity contribution in [2.75, 3.05) is 4.90 Å². The van der Waals surface area contributed by atoms with Gasteiger partial charge in [0.15, 0.2) is 0 Å². The minimum Gasteiger partial charge on any atom is -0.310 e. The SMILES string of the molecule is CC1(C)c2ccccc2-c2ccc(N(c3ccc(-c4ccccc4)cc3)c3cc4c(c5ccccc35)-c3ccccc3C4(c3ccccc3)c3ccccc3)cc21. The number of fused-ring (bicyclic) bond motifs is 8. The van der Waals surface area contributed by atoms with Crippen LogP contribution in [-0.2, 0) is 10.8 Å². The Kier molecular flexibility index (Phi) is 7.50. The zero-order valence-corrected chi connectivity index (χ0v) is 32.2. The normalized spacial score (nSPS) is 14.1. The summed E-state index contributed by atoms with van der Waals surface area (Å²) in [7, 11) is 0. The molecule has 11 rings (SSSR count).